The van der Waals surface area contributed by atoms with E-state index >= 15 is 0 Å². The van der Waals surface area contributed by atoms with Gasteiger partial charge in [0.15, 0.2) is 0 Å². The number of sulfonamides is 1. The molecule has 0 saturated carbocycles. The summed E-state index contributed by atoms with van der Waals surface area (Å²) < 4.78 is 63.6. The second-order valence-electron chi connectivity index (χ2n) is 4.53. The lowest BCUT2D eigenvalue weighted by molar-refractivity contribution is -0.142. The fourth-order valence-electron chi connectivity index (χ4n) is 1.69. The highest BCUT2D eigenvalue weighted by atomic mass is 35.5. The summed E-state index contributed by atoms with van der Waals surface area (Å²) in [5.41, 5.74) is 0.436. The molecule has 0 saturated heterocycles. The maximum atomic E-state index is 12.2. The molecule has 0 unspecified atom stereocenters. The van der Waals surface area contributed by atoms with E-state index < -0.39 is 22.7 Å². The molecule has 0 spiro atoms. The van der Waals surface area contributed by atoms with Gasteiger partial charge in [-0.2, -0.15) is 18.3 Å². The molecule has 1 aromatic heterocycles. The molecule has 0 radical (unpaired) electrons. The van der Waals surface area contributed by atoms with Crippen molar-refractivity contribution in [3.8, 4) is 0 Å². The molecule has 0 aliphatic carbocycles. The molecule has 5 nitrogen and oxygen atoms in total. The van der Waals surface area contributed by atoms with Crippen LogP contribution < -0.4 is 4.72 Å². The summed E-state index contributed by atoms with van der Waals surface area (Å²) in [4.78, 5) is -0.375. The lowest BCUT2D eigenvalue weighted by Crippen LogP contribution is -2.23. The molecule has 23 heavy (non-hydrogen) atoms. The quantitative estimate of drug-likeness (QED) is 0.856. The molecule has 2 rings (SSSR count). The van der Waals surface area contributed by atoms with Gasteiger partial charge in [-0.25, -0.2) is 13.1 Å². The Morgan fingerprint density at radius 3 is 2.61 bits per heavy atom. The van der Waals surface area contributed by atoms with Crippen molar-refractivity contribution in [1.29, 1.82) is 0 Å². The van der Waals surface area contributed by atoms with Gasteiger partial charge in [0.05, 0.1) is 16.2 Å². The zero-order valence-corrected chi connectivity index (χ0v) is 13.6. The molecule has 0 aliphatic rings. The van der Waals surface area contributed by atoms with Crippen LogP contribution in [0, 0.1) is 0 Å². The highest BCUT2D eigenvalue weighted by Gasteiger charge is 2.29. The smallest absolute Gasteiger partial charge is 0.262 e. The highest BCUT2D eigenvalue weighted by molar-refractivity contribution is 7.89. The second-order valence-corrected chi connectivity index (χ2v) is 7.08. The summed E-state index contributed by atoms with van der Waals surface area (Å²) in [7, 11) is -4.03. The van der Waals surface area contributed by atoms with E-state index in [1.54, 1.807) is 18.2 Å². The Bertz CT molecular complexity index is 806. The summed E-state index contributed by atoms with van der Waals surface area (Å²) in [5.74, 6) is 0. The van der Waals surface area contributed by atoms with Gasteiger partial charge in [-0.05, 0) is 11.6 Å². The third-order valence-corrected chi connectivity index (χ3v) is 4.96. The third-order valence-electron chi connectivity index (χ3n) is 2.75. The summed E-state index contributed by atoms with van der Waals surface area (Å²) in [5, 5.41) is 3.85. The number of halogens is 5. The summed E-state index contributed by atoms with van der Waals surface area (Å²) >= 11 is 11.8. The van der Waals surface area contributed by atoms with Crippen LogP contribution in [0.5, 0.6) is 0 Å². The molecule has 2 aromatic rings. The monoisotopic (exact) mass is 387 g/mol. The molecule has 1 N–H and O–H groups in total. The first-order valence-electron chi connectivity index (χ1n) is 6.10. The number of nitrogens with zero attached hydrogens (tertiary/aromatic N) is 2. The van der Waals surface area contributed by atoms with Crippen LogP contribution in [0.1, 0.15) is 5.56 Å². The van der Waals surface area contributed by atoms with E-state index in [0.29, 0.717) is 10.2 Å². The second kappa shape index (κ2) is 6.68. The Morgan fingerprint density at radius 1 is 1.26 bits per heavy atom. The number of hydrogen-bond acceptors (Lipinski definition) is 3. The standard InChI is InChI=1S/C12H10Cl2F3N3O2S/c13-10-3-1-2-8(11(10)14)4-19-23(21,22)9-5-18-20(6-9)7-12(15,16)17/h1-3,5-6,19H,4,7H2. The summed E-state index contributed by atoms with van der Waals surface area (Å²) in [6.07, 6.45) is -2.85. The number of hydrogen-bond donors (Lipinski definition) is 1. The van der Waals surface area contributed by atoms with Gasteiger partial charge in [0.25, 0.3) is 0 Å². The van der Waals surface area contributed by atoms with Crippen LogP contribution >= 0.6 is 23.2 Å². The first-order chi connectivity index (χ1) is 10.6. The molecule has 1 heterocycles. The predicted octanol–water partition coefficient (Wildman–Crippen LogP) is 3.23. The Labute approximate surface area is 140 Å². The topological polar surface area (TPSA) is 64.0 Å². The van der Waals surface area contributed by atoms with Crippen molar-refractivity contribution in [1.82, 2.24) is 14.5 Å². The number of aromatic nitrogens is 2. The fourth-order valence-corrected chi connectivity index (χ4v) is 3.04. The minimum absolute atomic E-state index is 0.161. The maximum Gasteiger partial charge on any atom is 0.408 e. The van der Waals surface area contributed by atoms with Gasteiger partial charge in [-0.1, -0.05) is 35.3 Å². The average Bonchev–Trinajstić information content (AvgIpc) is 2.87. The van der Waals surface area contributed by atoms with Crippen LogP contribution in [0.3, 0.4) is 0 Å². The van der Waals surface area contributed by atoms with E-state index in [1.807, 2.05) is 0 Å². The van der Waals surface area contributed by atoms with Crippen molar-refractivity contribution in [2.45, 2.75) is 24.2 Å². The van der Waals surface area contributed by atoms with E-state index in [-0.39, 0.29) is 21.5 Å². The normalized spacial score (nSPS) is 12.6. The van der Waals surface area contributed by atoms with Gasteiger partial charge in [0.1, 0.15) is 11.4 Å². The zero-order valence-electron chi connectivity index (χ0n) is 11.3. The lowest BCUT2D eigenvalue weighted by atomic mass is 10.2. The Balaban J connectivity index is 2.12. The van der Waals surface area contributed by atoms with Crippen molar-refractivity contribution < 1.29 is 21.6 Å². The minimum Gasteiger partial charge on any atom is -0.262 e. The molecule has 0 atom stereocenters. The van der Waals surface area contributed by atoms with Gasteiger partial charge >= 0.3 is 6.18 Å². The number of benzene rings is 1. The van der Waals surface area contributed by atoms with Crippen molar-refractivity contribution in [2.75, 3.05) is 0 Å². The van der Waals surface area contributed by atoms with Crippen molar-refractivity contribution >= 4 is 33.2 Å². The van der Waals surface area contributed by atoms with E-state index in [1.165, 1.54) is 0 Å². The fraction of sp³-hybridized carbons (Fsp3) is 0.250. The van der Waals surface area contributed by atoms with Crippen LogP contribution in [0.2, 0.25) is 10.0 Å². The molecule has 0 amide bonds. The van der Waals surface area contributed by atoms with Crippen LogP contribution in [-0.2, 0) is 23.1 Å². The van der Waals surface area contributed by atoms with Gasteiger partial charge in [0, 0.05) is 12.7 Å². The molecule has 1 aromatic carbocycles. The zero-order chi connectivity index (χ0) is 17.3. The summed E-state index contributed by atoms with van der Waals surface area (Å²) in [6.45, 7) is -1.53. The van der Waals surface area contributed by atoms with Gasteiger partial charge < -0.3 is 0 Å². The first-order valence-corrected chi connectivity index (χ1v) is 8.34. The Morgan fingerprint density at radius 2 is 1.96 bits per heavy atom. The number of nitrogens with one attached hydrogen (secondary N) is 1. The SMILES string of the molecule is O=S(=O)(NCc1cccc(Cl)c1Cl)c1cnn(CC(F)(F)F)c1. The Kier molecular flexibility index (Phi) is 5.24. The van der Waals surface area contributed by atoms with E-state index in [0.717, 1.165) is 12.4 Å². The first kappa shape index (κ1) is 18.1. The van der Waals surface area contributed by atoms with Crippen LogP contribution in [-0.4, -0.2) is 24.4 Å². The number of alkyl halides is 3. The predicted molar refractivity (Wildman–Crippen MR) is 78.8 cm³/mol. The van der Waals surface area contributed by atoms with E-state index in [2.05, 4.69) is 9.82 Å². The molecule has 0 aliphatic heterocycles. The maximum absolute atomic E-state index is 12.2. The molecule has 11 heteroatoms. The average molecular weight is 388 g/mol. The summed E-state index contributed by atoms with van der Waals surface area (Å²) in [6, 6.07) is 4.71. The minimum atomic E-state index is -4.49. The van der Waals surface area contributed by atoms with Gasteiger partial charge in [-0.15, -0.1) is 0 Å². The molecule has 0 fully saturated rings. The number of rotatable bonds is 5. The van der Waals surface area contributed by atoms with Crippen LogP contribution in [0.25, 0.3) is 0 Å². The van der Waals surface area contributed by atoms with Crippen molar-refractivity contribution in [2.24, 2.45) is 0 Å². The van der Waals surface area contributed by atoms with E-state index in [4.69, 9.17) is 23.2 Å². The molecular weight excluding hydrogens is 378 g/mol. The van der Waals surface area contributed by atoms with Gasteiger partial charge in [0.2, 0.25) is 10.0 Å². The highest BCUT2D eigenvalue weighted by Crippen LogP contribution is 2.25. The van der Waals surface area contributed by atoms with Crippen LogP contribution in [0.4, 0.5) is 13.2 Å². The molecule has 126 valence electrons. The van der Waals surface area contributed by atoms with Crippen LogP contribution in [0.15, 0.2) is 35.5 Å². The van der Waals surface area contributed by atoms with Gasteiger partial charge in [-0.3, -0.25) is 4.68 Å². The van der Waals surface area contributed by atoms with Crippen molar-refractivity contribution in [3.63, 3.8) is 0 Å². The molecule has 0 bridgehead atoms. The Hall–Kier alpha value is -1.29. The van der Waals surface area contributed by atoms with Crippen molar-refractivity contribution in [3.05, 3.63) is 46.2 Å². The lowest BCUT2D eigenvalue weighted by Gasteiger charge is -2.08. The molecular formula is C12H10Cl2F3N3O2S. The third kappa shape index (κ3) is 4.84. The largest absolute Gasteiger partial charge is 0.408 e. The van der Waals surface area contributed by atoms with E-state index in [9.17, 15) is 21.6 Å².